The van der Waals surface area contributed by atoms with E-state index in [1.54, 1.807) is 0 Å². The molecular formula is C9H12ClN3O3S. The van der Waals surface area contributed by atoms with Gasteiger partial charge in [0.25, 0.3) is 0 Å². The molecule has 1 N–H and O–H groups in total. The molecule has 0 aliphatic carbocycles. The molecule has 0 unspecified atom stereocenters. The van der Waals surface area contributed by atoms with Crippen LogP contribution in [0.25, 0.3) is 0 Å². The lowest BCUT2D eigenvalue weighted by Gasteiger charge is -2.28. The molecule has 2 rings (SSSR count). The van der Waals surface area contributed by atoms with Crippen molar-refractivity contribution < 1.29 is 13.5 Å². The van der Waals surface area contributed by atoms with Gasteiger partial charge in [0.05, 0.1) is 18.5 Å². The minimum atomic E-state index is -3.56. The van der Waals surface area contributed by atoms with E-state index in [1.807, 2.05) is 0 Å². The summed E-state index contributed by atoms with van der Waals surface area (Å²) in [5, 5.41) is 9.35. The van der Waals surface area contributed by atoms with Gasteiger partial charge in [-0.25, -0.2) is 18.4 Å². The first-order chi connectivity index (χ1) is 8.00. The lowest BCUT2D eigenvalue weighted by molar-refractivity contribution is 0.113. The van der Waals surface area contributed by atoms with E-state index in [9.17, 15) is 13.5 Å². The molecule has 1 aromatic rings. The van der Waals surface area contributed by atoms with Crippen molar-refractivity contribution in [2.45, 2.75) is 23.8 Å². The molecule has 0 aromatic carbocycles. The van der Waals surface area contributed by atoms with E-state index in [2.05, 4.69) is 9.97 Å². The Balaban J connectivity index is 2.21. The standard InChI is InChI=1S/C9H12ClN3O3S/c10-9-11-5-8(6-12-9)17(15,16)13-3-1-7(14)2-4-13/h5-7,14H,1-4H2. The van der Waals surface area contributed by atoms with Gasteiger partial charge in [0, 0.05) is 13.1 Å². The molecule has 17 heavy (non-hydrogen) atoms. The summed E-state index contributed by atoms with van der Waals surface area (Å²) in [7, 11) is -3.56. The smallest absolute Gasteiger partial charge is 0.246 e. The molecule has 0 bridgehead atoms. The zero-order chi connectivity index (χ0) is 12.5. The van der Waals surface area contributed by atoms with Gasteiger partial charge in [-0.05, 0) is 24.4 Å². The van der Waals surface area contributed by atoms with E-state index in [-0.39, 0.29) is 10.2 Å². The molecular weight excluding hydrogens is 266 g/mol. The van der Waals surface area contributed by atoms with Crippen LogP contribution in [0, 0.1) is 0 Å². The summed E-state index contributed by atoms with van der Waals surface area (Å²) in [6, 6.07) is 0. The number of aliphatic hydroxyl groups excluding tert-OH is 1. The van der Waals surface area contributed by atoms with Crippen molar-refractivity contribution in [1.29, 1.82) is 0 Å². The van der Waals surface area contributed by atoms with E-state index < -0.39 is 16.1 Å². The molecule has 6 nitrogen and oxygen atoms in total. The molecule has 94 valence electrons. The first-order valence-electron chi connectivity index (χ1n) is 5.16. The number of nitrogens with zero attached hydrogens (tertiary/aromatic N) is 3. The molecule has 8 heteroatoms. The van der Waals surface area contributed by atoms with Crippen LogP contribution in [0.3, 0.4) is 0 Å². The van der Waals surface area contributed by atoms with Crippen LogP contribution in [-0.2, 0) is 10.0 Å². The third-order valence-corrected chi connectivity index (χ3v) is 4.70. The Morgan fingerprint density at radius 3 is 2.35 bits per heavy atom. The maximum atomic E-state index is 12.1. The van der Waals surface area contributed by atoms with Gasteiger partial charge < -0.3 is 5.11 Å². The van der Waals surface area contributed by atoms with Gasteiger partial charge in [-0.15, -0.1) is 0 Å². The molecule has 1 aliphatic heterocycles. The van der Waals surface area contributed by atoms with Crippen molar-refractivity contribution in [3.05, 3.63) is 17.7 Å². The van der Waals surface area contributed by atoms with Crippen LogP contribution < -0.4 is 0 Å². The SMILES string of the molecule is O=S(=O)(c1cnc(Cl)nc1)N1CCC(O)CC1. The molecule has 0 atom stereocenters. The number of halogens is 1. The third kappa shape index (κ3) is 2.74. The Morgan fingerprint density at radius 2 is 1.82 bits per heavy atom. The molecule has 1 aromatic heterocycles. The van der Waals surface area contributed by atoms with Crippen LogP contribution in [0.5, 0.6) is 0 Å². The van der Waals surface area contributed by atoms with Crippen LogP contribution in [0.2, 0.25) is 5.28 Å². The molecule has 0 radical (unpaired) electrons. The predicted octanol–water partition coefficient (Wildman–Crippen LogP) is 0.275. The molecule has 0 amide bonds. The van der Waals surface area contributed by atoms with Crippen molar-refractivity contribution in [3.8, 4) is 0 Å². The zero-order valence-electron chi connectivity index (χ0n) is 8.95. The lowest BCUT2D eigenvalue weighted by atomic mass is 10.1. The topological polar surface area (TPSA) is 83.4 Å². The van der Waals surface area contributed by atoms with E-state index in [0.29, 0.717) is 25.9 Å². The molecule has 1 aliphatic rings. The van der Waals surface area contributed by atoms with E-state index in [1.165, 1.54) is 16.7 Å². The van der Waals surface area contributed by atoms with Crippen molar-refractivity contribution in [2.75, 3.05) is 13.1 Å². The molecule has 1 fully saturated rings. The largest absolute Gasteiger partial charge is 0.393 e. The molecule has 0 spiro atoms. The van der Waals surface area contributed by atoms with Crippen LogP contribution in [-0.4, -0.2) is 47.0 Å². The summed E-state index contributed by atoms with van der Waals surface area (Å²) >= 11 is 5.50. The van der Waals surface area contributed by atoms with E-state index >= 15 is 0 Å². The average molecular weight is 278 g/mol. The highest BCUT2D eigenvalue weighted by molar-refractivity contribution is 7.89. The maximum absolute atomic E-state index is 12.1. The second kappa shape index (κ2) is 4.85. The quantitative estimate of drug-likeness (QED) is 0.785. The highest BCUT2D eigenvalue weighted by atomic mass is 35.5. The highest BCUT2D eigenvalue weighted by Gasteiger charge is 2.29. The van der Waals surface area contributed by atoms with Gasteiger partial charge >= 0.3 is 0 Å². The highest BCUT2D eigenvalue weighted by Crippen LogP contribution is 2.19. The Hall–Kier alpha value is -0.760. The summed E-state index contributed by atoms with van der Waals surface area (Å²) < 4.78 is 25.6. The molecule has 0 saturated carbocycles. The number of hydrogen-bond acceptors (Lipinski definition) is 5. The monoisotopic (exact) mass is 277 g/mol. The van der Waals surface area contributed by atoms with Gasteiger partial charge in [0.15, 0.2) is 0 Å². The Bertz CT molecular complexity index is 483. The third-order valence-electron chi connectivity index (χ3n) is 2.66. The minimum absolute atomic E-state index is 0.0121. The van der Waals surface area contributed by atoms with Gasteiger partial charge in [-0.3, -0.25) is 0 Å². The fourth-order valence-corrected chi connectivity index (χ4v) is 3.12. The van der Waals surface area contributed by atoms with Gasteiger partial charge in [0.2, 0.25) is 15.3 Å². The fourth-order valence-electron chi connectivity index (χ4n) is 1.67. The lowest BCUT2D eigenvalue weighted by Crippen LogP contribution is -2.40. The van der Waals surface area contributed by atoms with Gasteiger partial charge in [0.1, 0.15) is 4.90 Å². The van der Waals surface area contributed by atoms with Crippen molar-refractivity contribution in [1.82, 2.24) is 14.3 Å². The van der Waals surface area contributed by atoms with Crippen LogP contribution >= 0.6 is 11.6 Å². The minimum Gasteiger partial charge on any atom is -0.393 e. The van der Waals surface area contributed by atoms with Gasteiger partial charge in [-0.2, -0.15) is 4.31 Å². The zero-order valence-corrected chi connectivity index (χ0v) is 10.5. The van der Waals surface area contributed by atoms with Gasteiger partial charge in [-0.1, -0.05) is 0 Å². The number of piperidine rings is 1. The Kier molecular flexibility index (Phi) is 3.62. The van der Waals surface area contributed by atoms with Crippen LogP contribution in [0.1, 0.15) is 12.8 Å². The number of hydrogen-bond donors (Lipinski definition) is 1. The Morgan fingerprint density at radius 1 is 1.29 bits per heavy atom. The number of aromatic nitrogens is 2. The van der Waals surface area contributed by atoms with Crippen LogP contribution in [0.15, 0.2) is 17.3 Å². The van der Waals surface area contributed by atoms with Crippen molar-refractivity contribution in [3.63, 3.8) is 0 Å². The fraction of sp³-hybridized carbons (Fsp3) is 0.556. The molecule has 2 heterocycles. The second-order valence-corrected chi connectivity index (χ2v) is 6.10. The van der Waals surface area contributed by atoms with E-state index in [0.717, 1.165) is 0 Å². The number of aliphatic hydroxyl groups is 1. The normalized spacial score (nSPS) is 19.4. The summed E-state index contributed by atoms with van der Waals surface area (Å²) in [4.78, 5) is 7.33. The van der Waals surface area contributed by atoms with Crippen molar-refractivity contribution in [2.24, 2.45) is 0 Å². The molecule has 1 saturated heterocycles. The van der Waals surface area contributed by atoms with Crippen molar-refractivity contribution >= 4 is 21.6 Å². The second-order valence-electron chi connectivity index (χ2n) is 3.82. The van der Waals surface area contributed by atoms with E-state index in [4.69, 9.17) is 11.6 Å². The van der Waals surface area contributed by atoms with Crippen LogP contribution in [0.4, 0.5) is 0 Å². The Labute approximate surface area is 104 Å². The summed E-state index contributed by atoms with van der Waals surface area (Å²) in [5.74, 6) is 0. The maximum Gasteiger partial charge on any atom is 0.246 e. The number of rotatable bonds is 2. The average Bonchev–Trinajstić information content (AvgIpc) is 2.30. The number of sulfonamides is 1. The predicted molar refractivity (Wildman–Crippen MR) is 61.0 cm³/mol. The summed E-state index contributed by atoms with van der Waals surface area (Å²) in [6.07, 6.45) is 2.87. The first-order valence-corrected chi connectivity index (χ1v) is 6.98. The first kappa shape index (κ1) is 12.7. The summed E-state index contributed by atoms with van der Waals surface area (Å²) in [6.45, 7) is 0.623. The summed E-state index contributed by atoms with van der Waals surface area (Å²) in [5.41, 5.74) is 0.